The van der Waals surface area contributed by atoms with E-state index in [0.717, 1.165) is 6.42 Å². The molecule has 0 amide bonds. The monoisotopic (exact) mass is 196 g/mol. The van der Waals surface area contributed by atoms with E-state index in [9.17, 15) is 9.59 Å². The summed E-state index contributed by atoms with van der Waals surface area (Å²) >= 11 is 0. The van der Waals surface area contributed by atoms with E-state index in [2.05, 4.69) is 4.98 Å². The van der Waals surface area contributed by atoms with E-state index in [-0.39, 0.29) is 17.6 Å². The van der Waals surface area contributed by atoms with Crippen LogP contribution in [0.25, 0.3) is 0 Å². The van der Waals surface area contributed by atoms with Gasteiger partial charge in [-0.3, -0.25) is 9.36 Å². The van der Waals surface area contributed by atoms with Gasteiger partial charge >= 0.3 is 11.7 Å². The van der Waals surface area contributed by atoms with Crippen molar-refractivity contribution in [2.24, 2.45) is 5.92 Å². The topological polar surface area (TPSA) is 75.1 Å². The molecule has 2 unspecified atom stereocenters. The van der Waals surface area contributed by atoms with Gasteiger partial charge in [0.1, 0.15) is 0 Å². The molecule has 5 nitrogen and oxygen atoms in total. The first-order valence-corrected chi connectivity index (χ1v) is 4.67. The Hall–Kier alpha value is -1.52. The van der Waals surface area contributed by atoms with Gasteiger partial charge in [0.25, 0.3) is 0 Å². The molecule has 0 radical (unpaired) electrons. The molecule has 0 aliphatic heterocycles. The lowest BCUT2D eigenvalue weighted by Crippen LogP contribution is -2.20. The van der Waals surface area contributed by atoms with Crippen molar-refractivity contribution in [2.75, 3.05) is 0 Å². The summed E-state index contributed by atoms with van der Waals surface area (Å²) in [4.78, 5) is 24.5. The average molecular weight is 196 g/mol. The fraction of sp³-hybridized carbons (Fsp3) is 0.556. The van der Waals surface area contributed by atoms with Crippen LogP contribution in [0.2, 0.25) is 0 Å². The number of imidazole rings is 1. The van der Waals surface area contributed by atoms with Crippen molar-refractivity contribution in [2.45, 2.75) is 25.3 Å². The van der Waals surface area contributed by atoms with Gasteiger partial charge in [-0.15, -0.1) is 0 Å². The van der Waals surface area contributed by atoms with Gasteiger partial charge in [-0.25, -0.2) is 4.79 Å². The van der Waals surface area contributed by atoms with Gasteiger partial charge in [0, 0.05) is 18.4 Å². The minimum atomic E-state index is -0.754. The van der Waals surface area contributed by atoms with Crippen molar-refractivity contribution in [1.29, 1.82) is 0 Å². The Balaban J connectivity index is 2.13. The second kappa shape index (κ2) is 3.32. The zero-order valence-corrected chi connectivity index (χ0v) is 7.64. The molecular formula is C9H12N2O3. The summed E-state index contributed by atoms with van der Waals surface area (Å²) in [6.45, 7) is 0. The van der Waals surface area contributed by atoms with E-state index in [1.165, 1.54) is 0 Å². The van der Waals surface area contributed by atoms with E-state index >= 15 is 0 Å². The second-order valence-electron chi connectivity index (χ2n) is 3.67. The fourth-order valence-electron chi connectivity index (χ4n) is 2.05. The van der Waals surface area contributed by atoms with E-state index in [1.807, 2.05) is 0 Å². The second-order valence-corrected chi connectivity index (χ2v) is 3.67. The molecule has 0 saturated heterocycles. The van der Waals surface area contributed by atoms with Crippen LogP contribution < -0.4 is 5.69 Å². The SMILES string of the molecule is O=C(O)C1CCC(n2cc[nH]c2=O)C1. The number of carboxylic acids is 1. The highest BCUT2D eigenvalue weighted by atomic mass is 16.4. The van der Waals surface area contributed by atoms with Crippen LogP contribution in [0, 0.1) is 5.92 Å². The third-order valence-electron chi connectivity index (χ3n) is 2.82. The van der Waals surface area contributed by atoms with Crippen LogP contribution in [0.3, 0.4) is 0 Å². The molecule has 2 N–H and O–H groups in total. The number of hydrogen-bond donors (Lipinski definition) is 2. The zero-order chi connectivity index (χ0) is 10.1. The summed E-state index contributed by atoms with van der Waals surface area (Å²) in [6.07, 6.45) is 5.26. The van der Waals surface area contributed by atoms with Crippen LogP contribution in [0.1, 0.15) is 25.3 Å². The number of aromatic amines is 1. The smallest absolute Gasteiger partial charge is 0.325 e. The maximum absolute atomic E-state index is 11.2. The molecule has 0 bridgehead atoms. The lowest BCUT2D eigenvalue weighted by molar-refractivity contribution is -0.141. The normalized spacial score (nSPS) is 26.6. The lowest BCUT2D eigenvalue weighted by atomic mass is 10.1. The number of carboxylic acid groups (broad SMARTS) is 1. The molecule has 1 aromatic rings. The first-order valence-electron chi connectivity index (χ1n) is 4.67. The number of nitrogens with zero attached hydrogens (tertiary/aromatic N) is 1. The molecule has 2 rings (SSSR count). The van der Waals surface area contributed by atoms with Gasteiger partial charge in [0.15, 0.2) is 0 Å². The summed E-state index contributed by atoms with van der Waals surface area (Å²) < 4.78 is 1.59. The van der Waals surface area contributed by atoms with E-state index in [4.69, 9.17) is 5.11 Å². The predicted molar refractivity (Wildman–Crippen MR) is 49.1 cm³/mol. The molecule has 2 atom stereocenters. The van der Waals surface area contributed by atoms with E-state index < -0.39 is 5.97 Å². The molecular weight excluding hydrogens is 184 g/mol. The van der Waals surface area contributed by atoms with E-state index in [0.29, 0.717) is 12.8 Å². The Morgan fingerprint density at radius 1 is 1.57 bits per heavy atom. The fourth-order valence-corrected chi connectivity index (χ4v) is 2.05. The van der Waals surface area contributed by atoms with Gasteiger partial charge in [0.05, 0.1) is 5.92 Å². The number of aromatic nitrogens is 2. The highest BCUT2D eigenvalue weighted by molar-refractivity contribution is 5.70. The van der Waals surface area contributed by atoms with Crippen molar-refractivity contribution < 1.29 is 9.90 Å². The summed E-state index contributed by atoms with van der Waals surface area (Å²) in [6, 6.07) is 0.0508. The van der Waals surface area contributed by atoms with Crippen LogP contribution in [0.4, 0.5) is 0 Å². The number of carbonyl (C=O) groups is 1. The third-order valence-corrected chi connectivity index (χ3v) is 2.82. The first-order chi connectivity index (χ1) is 6.68. The summed E-state index contributed by atoms with van der Waals surface area (Å²) in [7, 11) is 0. The lowest BCUT2D eigenvalue weighted by Gasteiger charge is -2.09. The predicted octanol–water partition coefficient (Wildman–Crippen LogP) is 0.602. The molecule has 1 fully saturated rings. The number of hydrogen-bond acceptors (Lipinski definition) is 2. The molecule has 5 heteroatoms. The number of H-pyrrole nitrogens is 1. The highest BCUT2D eigenvalue weighted by Crippen LogP contribution is 2.33. The third kappa shape index (κ3) is 1.45. The summed E-state index contributed by atoms with van der Waals surface area (Å²) in [5, 5.41) is 8.80. The van der Waals surface area contributed by atoms with Gasteiger partial charge < -0.3 is 10.1 Å². The Kier molecular flexibility index (Phi) is 2.15. The molecule has 1 aromatic heterocycles. The van der Waals surface area contributed by atoms with Gasteiger partial charge in [-0.1, -0.05) is 0 Å². The Labute approximate surface area is 80.4 Å². The quantitative estimate of drug-likeness (QED) is 0.727. The zero-order valence-electron chi connectivity index (χ0n) is 7.64. The standard InChI is InChI=1S/C9H12N2O3/c12-8(13)6-1-2-7(5-6)11-4-3-10-9(11)14/h3-4,6-7H,1-2,5H2,(H,10,14)(H,12,13). The number of rotatable bonds is 2. The van der Waals surface area contributed by atoms with Crippen molar-refractivity contribution in [3.05, 3.63) is 22.9 Å². The van der Waals surface area contributed by atoms with Crippen molar-refractivity contribution in [3.8, 4) is 0 Å². The molecule has 1 aliphatic rings. The molecule has 1 heterocycles. The van der Waals surface area contributed by atoms with Crippen LogP contribution >= 0.6 is 0 Å². The minimum absolute atomic E-state index is 0.0508. The van der Waals surface area contributed by atoms with Crippen molar-refractivity contribution >= 4 is 5.97 Å². The molecule has 1 aliphatic carbocycles. The van der Waals surface area contributed by atoms with Crippen LogP contribution in [-0.4, -0.2) is 20.6 Å². The highest BCUT2D eigenvalue weighted by Gasteiger charge is 2.31. The maximum Gasteiger partial charge on any atom is 0.325 e. The average Bonchev–Trinajstić information content (AvgIpc) is 2.71. The number of aliphatic carboxylic acids is 1. The Morgan fingerprint density at radius 3 is 2.86 bits per heavy atom. The number of nitrogens with one attached hydrogen (secondary N) is 1. The van der Waals surface area contributed by atoms with Gasteiger partial charge in [0.2, 0.25) is 0 Å². The van der Waals surface area contributed by atoms with Gasteiger partial charge in [-0.05, 0) is 19.3 Å². The summed E-state index contributed by atoms with van der Waals surface area (Å²) in [5.74, 6) is -1.04. The summed E-state index contributed by atoms with van der Waals surface area (Å²) in [5.41, 5.74) is -0.152. The minimum Gasteiger partial charge on any atom is -0.481 e. The van der Waals surface area contributed by atoms with Crippen molar-refractivity contribution in [1.82, 2.24) is 9.55 Å². The molecule has 14 heavy (non-hydrogen) atoms. The largest absolute Gasteiger partial charge is 0.481 e. The van der Waals surface area contributed by atoms with E-state index in [1.54, 1.807) is 17.0 Å². The Morgan fingerprint density at radius 2 is 2.36 bits per heavy atom. The molecule has 0 aromatic carbocycles. The van der Waals surface area contributed by atoms with Crippen LogP contribution in [0.5, 0.6) is 0 Å². The Bertz CT molecular complexity index is 393. The molecule has 1 saturated carbocycles. The maximum atomic E-state index is 11.2. The molecule has 76 valence electrons. The first kappa shape index (κ1) is 9.05. The van der Waals surface area contributed by atoms with Crippen LogP contribution in [-0.2, 0) is 4.79 Å². The van der Waals surface area contributed by atoms with Crippen LogP contribution in [0.15, 0.2) is 17.2 Å². The van der Waals surface area contributed by atoms with Crippen molar-refractivity contribution in [3.63, 3.8) is 0 Å². The molecule has 0 spiro atoms. The van der Waals surface area contributed by atoms with Gasteiger partial charge in [-0.2, -0.15) is 0 Å².